The molecule has 6 heteroatoms. The van der Waals surface area contributed by atoms with Crippen LogP contribution >= 0.6 is 0 Å². The second-order valence-corrected chi connectivity index (χ2v) is 4.04. The predicted molar refractivity (Wildman–Crippen MR) is 67.5 cm³/mol. The van der Waals surface area contributed by atoms with Gasteiger partial charge in [-0.05, 0) is 23.8 Å². The molecule has 0 aliphatic heterocycles. The molecule has 0 radical (unpaired) electrons. The van der Waals surface area contributed by atoms with E-state index < -0.39 is 5.97 Å². The Balaban J connectivity index is 1.89. The van der Waals surface area contributed by atoms with E-state index in [2.05, 4.69) is 15.5 Å². The second kappa shape index (κ2) is 5.81. The van der Waals surface area contributed by atoms with Crippen LogP contribution in [0.25, 0.3) is 0 Å². The molecule has 1 aromatic heterocycles. The average molecular weight is 259 g/mol. The number of nitrogens with zero attached hydrogens (tertiary/aromatic N) is 1. The lowest BCUT2D eigenvalue weighted by molar-refractivity contribution is -0.120. The molecule has 1 heterocycles. The van der Waals surface area contributed by atoms with Crippen molar-refractivity contribution in [2.45, 2.75) is 13.0 Å². The number of rotatable bonds is 5. The van der Waals surface area contributed by atoms with Gasteiger partial charge in [0, 0.05) is 18.4 Å². The molecule has 0 bridgehead atoms. The number of aromatic amines is 1. The van der Waals surface area contributed by atoms with E-state index in [1.54, 1.807) is 30.5 Å². The number of benzene rings is 1. The van der Waals surface area contributed by atoms with Crippen molar-refractivity contribution in [3.05, 3.63) is 53.3 Å². The molecule has 0 atom stereocenters. The van der Waals surface area contributed by atoms with E-state index in [9.17, 15) is 9.59 Å². The summed E-state index contributed by atoms with van der Waals surface area (Å²) in [5.41, 5.74) is 1.69. The Morgan fingerprint density at radius 3 is 2.84 bits per heavy atom. The van der Waals surface area contributed by atoms with Gasteiger partial charge in [0.2, 0.25) is 5.91 Å². The number of aromatic carboxylic acids is 1. The molecule has 1 aromatic carbocycles. The van der Waals surface area contributed by atoms with Crippen molar-refractivity contribution in [1.82, 2.24) is 15.5 Å². The first kappa shape index (κ1) is 12.8. The van der Waals surface area contributed by atoms with Crippen LogP contribution in [0.5, 0.6) is 0 Å². The lowest BCUT2D eigenvalue weighted by atomic mass is 10.1. The van der Waals surface area contributed by atoms with Crippen LogP contribution in [0.2, 0.25) is 0 Å². The summed E-state index contributed by atoms with van der Waals surface area (Å²) >= 11 is 0. The van der Waals surface area contributed by atoms with Gasteiger partial charge >= 0.3 is 5.97 Å². The van der Waals surface area contributed by atoms with Crippen molar-refractivity contribution in [2.75, 3.05) is 0 Å². The Hall–Kier alpha value is -2.63. The second-order valence-electron chi connectivity index (χ2n) is 4.04. The van der Waals surface area contributed by atoms with Gasteiger partial charge in [-0.1, -0.05) is 12.1 Å². The number of amides is 1. The molecule has 2 rings (SSSR count). The molecule has 0 aliphatic carbocycles. The molecule has 0 aliphatic rings. The summed E-state index contributed by atoms with van der Waals surface area (Å²) in [6, 6.07) is 8.20. The van der Waals surface area contributed by atoms with Crippen molar-refractivity contribution in [1.29, 1.82) is 0 Å². The van der Waals surface area contributed by atoms with Crippen LogP contribution < -0.4 is 5.32 Å². The normalized spacial score (nSPS) is 10.1. The van der Waals surface area contributed by atoms with Crippen LogP contribution in [-0.4, -0.2) is 27.2 Å². The number of carboxylic acid groups (broad SMARTS) is 1. The number of aromatic nitrogens is 2. The summed E-state index contributed by atoms with van der Waals surface area (Å²) in [6.07, 6.45) is 1.80. The summed E-state index contributed by atoms with van der Waals surface area (Å²) < 4.78 is 0. The number of carbonyl (C=O) groups is 2. The predicted octanol–water partition coefficient (Wildman–Crippen LogP) is 0.967. The maximum atomic E-state index is 11.6. The molecule has 3 N–H and O–H groups in total. The number of hydrogen-bond acceptors (Lipinski definition) is 3. The van der Waals surface area contributed by atoms with E-state index in [1.165, 1.54) is 6.07 Å². The third-order valence-corrected chi connectivity index (χ3v) is 2.57. The lowest BCUT2D eigenvalue weighted by Gasteiger charge is -2.05. The topological polar surface area (TPSA) is 95.1 Å². The molecule has 0 fully saturated rings. The van der Waals surface area contributed by atoms with Crippen molar-refractivity contribution in [3.8, 4) is 0 Å². The zero-order chi connectivity index (χ0) is 13.7. The van der Waals surface area contributed by atoms with Crippen LogP contribution in [-0.2, 0) is 17.8 Å². The maximum absolute atomic E-state index is 11.6. The fraction of sp³-hybridized carbons (Fsp3) is 0.154. The molecule has 0 saturated heterocycles. The standard InChI is InChI=1S/C13H13N3O3/c17-12(7-11-4-5-15-16-11)14-8-9-2-1-3-10(6-9)13(18)19/h1-6H,7-8H2,(H,14,17)(H,15,16)(H,18,19). The molecule has 0 unspecified atom stereocenters. The summed E-state index contributed by atoms with van der Waals surface area (Å²) in [5, 5.41) is 18.0. The highest BCUT2D eigenvalue weighted by Crippen LogP contribution is 2.05. The third-order valence-electron chi connectivity index (χ3n) is 2.57. The zero-order valence-corrected chi connectivity index (χ0v) is 10.1. The van der Waals surface area contributed by atoms with Crippen LogP contribution in [0.1, 0.15) is 21.6 Å². The van der Waals surface area contributed by atoms with Crippen molar-refractivity contribution in [3.63, 3.8) is 0 Å². The lowest BCUT2D eigenvalue weighted by Crippen LogP contribution is -2.24. The number of carbonyl (C=O) groups excluding carboxylic acids is 1. The average Bonchev–Trinajstić information content (AvgIpc) is 2.89. The SMILES string of the molecule is O=C(Cc1ccn[nH]1)NCc1cccc(C(=O)O)c1. The van der Waals surface area contributed by atoms with Gasteiger partial charge in [-0.15, -0.1) is 0 Å². The van der Waals surface area contributed by atoms with Crippen LogP contribution in [0, 0.1) is 0 Å². The smallest absolute Gasteiger partial charge is 0.335 e. The van der Waals surface area contributed by atoms with E-state index in [0.717, 1.165) is 11.3 Å². The summed E-state index contributed by atoms with van der Waals surface area (Å²) in [6.45, 7) is 0.300. The van der Waals surface area contributed by atoms with Crippen molar-refractivity contribution in [2.24, 2.45) is 0 Å². The summed E-state index contributed by atoms with van der Waals surface area (Å²) in [4.78, 5) is 22.4. The largest absolute Gasteiger partial charge is 0.478 e. The van der Waals surface area contributed by atoms with Crippen LogP contribution in [0.15, 0.2) is 36.5 Å². The van der Waals surface area contributed by atoms with Gasteiger partial charge in [0.15, 0.2) is 0 Å². The molecule has 0 saturated carbocycles. The Kier molecular flexibility index (Phi) is 3.92. The molecule has 19 heavy (non-hydrogen) atoms. The Morgan fingerprint density at radius 1 is 1.32 bits per heavy atom. The molecule has 6 nitrogen and oxygen atoms in total. The van der Waals surface area contributed by atoms with Crippen LogP contribution in [0.3, 0.4) is 0 Å². The number of H-pyrrole nitrogens is 1. The van der Waals surface area contributed by atoms with Gasteiger partial charge in [-0.25, -0.2) is 4.79 Å². The zero-order valence-electron chi connectivity index (χ0n) is 10.1. The molecule has 1 amide bonds. The van der Waals surface area contributed by atoms with E-state index in [4.69, 9.17) is 5.11 Å². The van der Waals surface area contributed by atoms with Gasteiger partial charge in [0.1, 0.15) is 0 Å². The minimum atomic E-state index is -0.981. The highest BCUT2D eigenvalue weighted by molar-refractivity contribution is 5.87. The first-order valence-corrected chi connectivity index (χ1v) is 5.72. The van der Waals surface area contributed by atoms with Crippen LogP contribution in [0.4, 0.5) is 0 Å². The number of hydrogen-bond donors (Lipinski definition) is 3. The first-order valence-electron chi connectivity index (χ1n) is 5.72. The van der Waals surface area contributed by atoms with E-state index in [1.807, 2.05) is 0 Å². The van der Waals surface area contributed by atoms with Crippen molar-refractivity contribution < 1.29 is 14.7 Å². The van der Waals surface area contributed by atoms with Gasteiger partial charge in [0.05, 0.1) is 12.0 Å². The minimum absolute atomic E-state index is 0.148. The Labute approximate surface area is 109 Å². The number of carboxylic acids is 1. The van der Waals surface area contributed by atoms with Crippen molar-refractivity contribution >= 4 is 11.9 Å². The van der Waals surface area contributed by atoms with E-state index in [-0.39, 0.29) is 17.9 Å². The highest BCUT2D eigenvalue weighted by atomic mass is 16.4. The first-order chi connectivity index (χ1) is 9.15. The van der Waals surface area contributed by atoms with Gasteiger partial charge in [-0.2, -0.15) is 5.10 Å². The fourth-order valence-electron chi connectivity index (χ4n) is 1.63. The molecular weight excluding hydrogens is 246 g/mol. The van der Waals surface area contributed by atoms with E-state index >= 15 is 0 Å². The molecule has 0 spiro atoms. The Bertz CT molecular complexity index is 579. The third kappa shape index (κ3) is 3.67. The van der Waals surface area contributed by atoms with Gasteiger partial charge in [-0.3, -0.25) is 9.89 Å². The van der Waals surface area contributed by atoms with Gasteiger partial charge < -0.3 is 10.4 Å². The maximum Gasteiger partial charge on any atom is 0.335 e. The summed E-state index contributed by atoms with van der Waals surface area (Å²) in [7, 11) is 0. The molecular formula is C13H13N3O3. The Morgan fingerprint density at radius 2 is 2.16 bits per heavy atom. The fourth-order valence-corrected chi connectivity index (χ4v) is 1.63. The number of nitrogens with one attached hydrogen (secondary N) is 2. The monoisotopic (exact) mass is 259 g/mol. The summed E-state index contributed by atoms with van der Waals surface area (Å²) in [5.74, 6) is -1.13. The quantitative estimate of drug-likeness (QED) is 0.745. The molecule has 2 aromatic rings. The molecule has 98 valence electrons. The minimum Gasteiger partial charge on any atom is -0.478 e. The van der Waals surface area contributed by atoms with Gasteiger partial charge in [0.25, 0.3) is 0 Å². The highest BCUT2D eigenvalue weighted by Gasteiger charge is 2.06. The van der Waals surface area contributed by atoms with E-state index in [0.29, 0.717) is 6.54 Å².